The van der Waals surface area contributed by atoms with Crippen LogP contribution < -0.4 is 11.1 Å². The third kappa shape index (κ3) is 2.14. The second kappa shape index (κ2) is 4.66. The quantitative estimate of drug-likeness (QED) is 0.591. The second-order valence-corrected chi connectivity index (χ2v) is 3.60. The van der Waals surface area contributed by atoms with Gasteiger partial charge in [-0.25, -0.2) is 0 Å². The smallest absolute Gasteiger partial charge is 0.188 e. The van der Waals surface area contributed by atoms with Crippen molar-refractivity contribution in [2.24, 2.45) is 10.7 Å². The zero-order valence-corrected chi connectivity index (χ0v) is 9.27. The van der Waals surface area contributed by atoms with Gasteiger partial charge in [0.05, 0.1) is 0 Å². The minimum Gasteiger partial charge on any atom is -0.370 e. The molecule has 0 saturated carbocycles. The van der Waals surface area contributed by atoms with Crippen LogP contribution in [0.25, 0.3) is 10.8 Å². The van der Waals surface area contributed by atoms with Gasteiger partial charge in [-0.1, -0.05) is 42.5 Å². The molecule has 16 heavy (non-hydrogen) atoms. The maximum Gasteiger partial charge on any atom is 0.188 e. The van der Waals surface area contributed by atoms with Gasteiger partial charge >= 0.3 is 0 Å². The molecule has 0 spiro atoms. The molecule has 0 saturated heterocycles. The van der Waals surface area contributed by atoms with Gasteiger partial charge in [-0.15, -0.1) is 0 Å². The van der Waals surface area contributed by atoms with Crippen LogP contribution in [0.1, 0.15) is 5.56 Å². The van der Waals surface area contributed by atoms with Gasteiger partial charge in [0.2, 0.25) is 0 Å². The molecule has 0 amide bonds. The molecule has 0 unspecified atom stereocenters. The molecule has 2 aromatic carbocycles. The van der Waals surface area contributed by atoms with Crippen LogP contribution in [0.2, 0.25) is 0 Å². The summed E-state index contributed by atoms with van der Waals surface area (Å²) < 4.78 is 0. The lowest BCUT2D eigenvalue weighted by molar-refractivity contribution is 0.908. The number of hydrogen-bond donors (Lipinski definition) is 2. The van der Waals surface area contributed by atoms with Crippen molar-refractivity contribution in [3.05, 3.63) is 48.0 Å². The highest BCUT2D eigenvalue weighted by Gasteiger charge is 1.99. The molecule has 0 aliphatic heterocycles. The molecule has 0 heterocycles. The average molecular weight is 213 g/mol. The predicted molar refractivity (Wildman–Crippen MR) is 68.3 cm³/mol. The summed E-state index contributed by atoms with van der Waals surface area (Å²) in [7, 11) is 1.67. The maximum atomic E-state index is 5.60. The first-order valence-corrected chi connectivity index (χ1v) is 5.24. The highest BCUT2D eigenvalue weighted by molar-refractivity contribution is 5.86. The fourth-order valence-corrected chi connectivity index (χ4v) is 1.71. The summed E-state index contributed by atoms with van der Waals surface area (Å²) in [4.78, 5) is 3.87. The van der Waals surface area contributed by atoms with E-state index in [4.69, 9.17) is 5.73 Å². The molecule has 3 heteroatoms. The topological polar surface area (TPSA) is 50.4 Å². The summed E-state index contributed by atoms with van der Waals surface area (Å²) in [5.41, 5.74) is 6.83. The van der Waals surface area contributed by atoms with E-state index >= 15 is 0 Å². The van der Waals surface area contributed by atoms with Gasteiger partial charge in [0.15, 0.2) is 5.96 Å². The Bertz CT molecular complexity index is 512. The standard InChI is InChI=1S/C13H15N3/c1-15-13(14)16-9-11-7-4-6-10-5-2-3-8-12(10)11/h2-8H,9H2,1H3,(H3,14,15,16). The predicted octanol–water partition coefficient (Wildman–Crippen LogP) is 1.87. The number of guanidine groups is 1. The summed E-state index contributed by atoms with van der Waals surface area (Å²) in [5, 5.41) is 5.56. The van der Waals surface area contributed by atoms with Crippen molar-refractivity contribution < 1.29 is 0 Å². The van der Waals surface area contributed by atoms with E-state index in [2.05, 4.69) is 40.6 Å². The molecule has 82 valence electrons. The van der Waals surface area contributed by atoms with Crippen molar-refractivity contribution in [1.82, 2.24) is 5.32 Å². The SMILES string of the molecule is CN=C(N)NCc1cccc2ccccc12. The Balaban J connectivity index is 2.30. The fraction of sp³-hybridized carbons (Fsp3) is 0.154. The zero-order valence-electron chi connectivity index (χ0n) is 9.27. The molecule has 0 atom stereocenters. The van der Waals surface area contributed by atoms with Crippen LogP contribution in [0, 0.1) is 0 Å². The number of benzene rings is 2. The lowest BCUT2D eigenvalue weighted by Gasteiger charge is -2.08. The summed E-state index contributed by atoms with van der Waals surface area (Å²) in [6.45, 7) is 0.699. The van der Waals surface area contributed by atoms with Crippen LogP contribution in [0.3, 0.4) is 0 Å². The largest absolute Gasteiger partial charge is 0.370 e. The number of nitrogens with one attached hydrogen (secondary N) is 1. The molecular formula is C13H15N3. The molecule has 2 aromatic rings. The minimum atomic E-state index is 0.466. The molecule has 3 nitrogen and oxygen atoms in total. The summed E-state index contributed by atoms with van der Waals surface area (Å²) in [6, 6.07) is 14.6. The molecule has 0 aromatic heterocycles. The van der Waals surface area contributed by atoms with Gasteiger partial charge in [-0.3, -0.25) is 4.99 Å². The van der Waals surface area contributed by atoms with E-state index in [1.165, 1.54) is 16.3 Å². The lowest BCUT2D eigenvalue weighted by Crippen LogP contribution is -2.30. The van der Waals surface area contributed by atoms with Crippen LogP contribution in [0.15, 0.2) is 47.5 Å². The first-order valence-electron chi connectivity index (χ1n) is 5.24. The van der Waals surface area contributed by atoms with Gasteiger partial charge in [0, 0.05) is 13.6 Å². The summed E-state index contributed by atoms with van der Waals surface area (Å²) >= 11 is 0. The Morgan fingerprint density at radius 2 is 1.94 bits per heavy atom. The first kappa shape index (κ1) is 10.5. The monoisotopic (exact) mass is 213 g/mol. The van der Waals surface area contributed by atoms with E-state index in [9.17, 15) is 0 Å². The van der Waals surface area contributed by atoms with E-state index in [0.29, 0.717) is 12.5 Å². The number of aliphatic imine (C=N–C) groups is 1. The minimum absolute atomic E-state index is 0.466. The van der Waals surface area contributed by atoms with Gasteiger partial charge in [-0.05, 0) is 16.3 Å². The van der Waals surface area contributed by atoms with E-state index in [0.717, 1.165) is 0 Å². The second-order valence-electron chi connectivity index (χ2n) is 3.60. The van der Waals surface area contributed by atoms with Crippen LogP contribution in [-0.4, -0.2) is 13.0 Å². The number of fused-ring (bicyclic) bond motifs is 1. The molecule has 3 N–H and O–H groups in total. The van der Waals surface area contributed by atoms with E-state index in [1.54, 1.807) is 7.05 Å². The van der Waals surface area contributed by atoms with Crippen molar-refractivity contribution in [2.75, 3.05) is 7.05 Å². The average Bonchev–Trinajstić information content (AvgIpc) is 2.35. The zero-order chi connectivity index (χ0) is 11.4. The number of rotatable bonds is 2. The van der Waals surface area contributed by atoms with Crippen LogP contribution in [0.5, 0.6) is 0 Å². The number of nitrogens with two attached hydrogens (primary N) is 1. The van der Waals surface area contributed by atoms with Crippen LogP contribution >= 0.6 is 0 Å². The molecule has 0 radical (unpaired) electrons. The Morgan fingerprint density at radius 3 is 2.75 bits per heavy atom. The fourth-order valence-electron chi connectivity index (χ4n) is 1.71. The van der Waals surface area contributed by atoms with Crippen molar-refractivity contribution in [1.29, 1.82) is 0 Å². The third-order valence-corrected chi connectivity index (χ3v) is 2.58. The van der Waals surface area contributed by atoms with Crippen molar-refractivity contribution >= 4 is 16.7 Å². The highest BCUT2D eigenvalue weighted by Crippen LogP contribution is 2.17. The van der Waals surface area contributed by atoms with Crippen LogP contribution in [0.4, 0.5) is 0 Å². The normalized spacial score (nSPS) is 11.7. The Morgan fingerprint density at radius 1 is 1.19 bits per heavy atom. The molecule has 0 aliphatic rings. The molecular weight excluding hydrogens is 198 g/mol. The van der Waals surface area contributed by atoms with Crippen molar-refractivity contribution in [3.8, 4) is 0 Å². The molecule has 0 aliphatic carbocycles. The molecule has 2 rings (SSSR count). The number of hydrogen-bond acceptors (Lipinski definition) is 1. The van der Waals surface area contributed by atoms with E-state index in [1.807, 2.05) is 12.1 Å². The highest BCUT2D eigenvalue weighted by atomic mass is 15.1. The van der Waals surface area contributed by atoms with Crippen LogP contribution in [-0.2, 0) is 6.54 Å². The summed E-state index contributed by atoms with van der Waals surface area (Å²) in [5.74, 6) is 0.466. The van der Waals surface area contributed by atoms with Crippen molar-refractivity contribution in [2.45, 2.75) is 6.54 Å². The maximum absolute atomic E-state index is 5.60. The Kier molecular flexibility index (Phi) is 3.05. The van der Waals surface area contributed by atoms with Gasteiger partial charge in [-0.2, -0.15) is 0 Å². The van der Waals surface area contributed by atoms with Gasteiger partial charge < -0.3 is 11.1 Å². The molecule has 0 bridgehead atoms. The van der Waals surface area contributed by atoms with Crippen molar-refractivity contribution in [3.63, 3.8) is 0 Å². The van der Waals surface area contributed by atoms with Gasteiger partial charge in [0.1, 0.15) is 0 Å². The van der Waals surface area contributed by atoms with E-state index < -0.39 is 0 Å². The first-order chi connectivity index (χ1) is 7.81. The third-order valence-electron chi connectivity index (χ3n) is 2.58. The Hall–Kier alpha value is -2.03. The van der Waals surface area contributed by atoms with E-state index in [-0.39, 0.29) is 0 Å². The summed E-state index contributed by atoms with van der Waals surface area (Å²) in [6.07, 6.45) is 0. The van der Waals surface area contributed by atoms with Gasteiger partial charge in [0.25, 0.3) is 0 Å². The number of nitrogens with zero attached hydrogens (tertiary/aromatic N) is 1. The molecule has 0 fully saturated rings. The lowest BCUT2D eigenvalue weighted by atomic mass is 10.0. The Labute approximate surface area is 95.0 Å².